The number of hydrogen-bond donors (Lipinski definition) is 1. The van der Waals surface area contributed by atoms with Crippen molar-refractivity contribution < 1.29 is 19.3 Å². The third kappa shape index (κ3) is 4.31. The van der Waals surface area contributed by atoms with Gasteiger partial charge in [0.1, 0.15) is 11.5 Å². The topological polar surface area (TPSA) is 82.9 Å². The van der Waals surface area contributed by atoms with E-state index in [9.17, 15) is 10.1 Å². The first-order valence-corrected chi connectivity index (χ1v) is 8.03. The van der Waals surface area contributed by atoms with E-state index < -0.39 is 13.2 Å². The maximum absolute atomic E-state index is 10.5. The SMILES string of the molecule is COc1ccc(NOP(C)c2ccccc2O[N+](=O)[O-])cc1. The molecule has 0 saturated heterocycles. The summed E-state index contributed by atoms with van der Waals surface area (Å²) < 4.78 is 10.7. The number of hydrogen-bond acceptors (Lipinski definition) is 6. The Morgan fingerprint density at radius 3 is 2.45 bits per heavy atom. The highest BCUT2D eigenvalue weighted by atomic mass is 31.1. The van der Waals surface area contributed by atoms with Gasteiger partial charge in [0.25, 0.3) is 5.09 Å². The quantitative estimate of drug-likeness (QED) is 0.479. The van der Waals surface area contributed by atoms with Gasteiger partial charge in [-0.25, -0.2) is 0 Å². The lowest BCUT2D eigenvalue weighted by Gasteiger charge is -2.16. The monoisotopic (exact) mass is 322 g/mol. The van der Waals surface area contributed by atoms with Gasteiger partial charge in [-0.1, -0.05) is 12.1 Å². The Morgan fingerprint density at radius 2 is 1.82 bits per heavy atom. The zero-order valence-electron chi connectivity index (χ0n) is 12.1. The molecule has 0 bridgehead atoms. The van der Waals surface area contributed by atoms with Crippen molar-refractivity contribution in [3.8, 4) is 11.5 Å². The van der Waals surface area contributed by atoms with Crippen LogP contribution in [-0.4, -0.2) is 18.9 Å². The third-order valence-corrected chi connectivity index (χ3v) is 4.18. The summed E-state index contributed by atoms with van der Waals surface area (Å²) in [6, 6.07) is 13.9. The van der Waals surface area contributed by atoms with Gasteiger partial charge >= 0.3 is 0 Å². The number of benzene rings is 2. The van der Waals surface area contributed by atoms with Crippen molar-refractivity contribution in [1.82, 2.24) is 0 Å². The smallest absolute Gasteiger partial charge is 0.299 e. The average molecular weight is 322 g/mol. The van der Waals surface area contributed by atoms with E-state index in [1.165, 1.54) is 6.07 Å². The Hall–Kier alpha value is -2.37. The predicted molar refractivity (Wildman–Crippen MR) is 84.2 cm³/mol. The van der Waals surface area contributed by atoms with Crippen molar-refractivity contribution in [1.29, 1.82) is 0 Å². The summed E-state index contributed by atoms with van der Waals surface area (Å²) in [6.45, 7) is 1.83. The molecule has 0 saturated carbocycles. The second-order valence-corrected chi connectivity index (χ2v) is 5.86. The van der Waals surface area contributed by atoms with Crippen LogP contribution in [0.4, 0.5) is 5.69 Å². The van der Waals surface area contributed by atoms with Crippen LogP contribution in [0.3, 0.4) is 0 Å². The molecule has 0 aliphatic carbocycles. The minimum atomic E-state index is -1.13. The van der Waals surface area contributed by atoms with Gasteiger partial charge in [0.15, 0.2) is 0 Å². The molecule has 2 aromatic rings. The standard InChI is InChI=1S/C14H15N2O5P/c1-19-12-9-7-11(8-10-12)15-21-22(2)14-6-4-3-5-13(14)20-16(17)18/h3-10,15H,1-2H3. The van der Waals surface area contributed by atoms with E-state index in [0.29, 0.717) is 5.30 Å². The molecule has 0 aromatic heterocycles. The molecule has 0 aliphatic rings. The lowest BCUT2D eigenvalue weighted by Crippen LogP contribution is -2.14. The second kappa shape index (κ2) is 7.59. The summed E-state index contributed by atoms with van der Waals surface area (Å²) in [5, 5.41) is 10.3. The number of anilines is 1. The molecule has 22 heavy (non-hydrogen) atoms. The van der Waals surface area contributed by atoms with E-state index in [4.69, 9.17) is 9.36 Å². The molecule has 8 heteroatoms. The van der Waals surface area contributed by atoms with Crippen LogP contribution in [0.1, 0.15) is 0 Å². The molecule has 0 heterocycles. The zero-order valence-corrected chi connectivity index (χ0v) is 12.9. The van der Waals surface area contributed by atoms with Gasteiger partial charge in [-0.2, -0.15) is 0 Å². The summed E-state index contributed by atoms with van der Waals surface area (Å²) in [5.41, 5.74) is 3.58. The highest BCUT2D eigenvalue weighted by Crippen LogP contribution is 2.35. The van der Waals surface area contributed by atoms with Crippen molar-refractivity contribution in [3.63, 3.8) is 0 Å². The minimum absolute atomic E-state index is 0.178. The van der Waals surface area contributed by atoms with Crippen molar-refractivity contribution in [3.05, 3.63) is 58.6 Å². The first-order chi connectivity index (χ1) is 10.6. The van der Waals surface area contributed by atoms with E-state index in [2.05, 4.69) is 10.3 Å². The lowest BCUT2D eigenvalue weighted by atomic mass is 10.3. The molecule has 0 aliphatic heterocycles. The van der Waals surface area contributed by atoms with Crippen molar-refractivity contribution in [2.24, 2.45) is 0 Å². The minimum Gasteiger partial charge on any atom is -0.497 e. The Labute approximate surface area is 128 Å². The zero-order chi connectivity index (χ0) is 15.9. The number of rotatable bonds is 7. The normalized spacial score (nSPS) is 11.5. The van der Waals surface area contributed by atoms with Gasteiger partial charge in [-0.05, 0) is 43.1 Å². The van der Waals surface area contributed by atoms with Gasteiger partial charge < -0.3 is 4.74 Å². The van der Waals surface area contributed by atoms with Crippen LogP contribution in [0.5, 0.6) is 11.5 Å². The van der Waals surface area contributed by atoms with Gasteiger partial charge in [0, 0.05) is 5.30 Å². The molecule has 1 atom stereocenters. The first kappa shape index (κ1) is 16.0. The van der Waals surface area contributed by atoms with Crippen molar-refractivity contribution >= 4 is 19.1 Å². The highest BCUT2D eigenvalue weighted by Gasteiger charge is 2.14. The third-order valence-electron chi connectivity index (χ3n) is 2.77. The molecule has 0 amide bonds. The molecule has 1 N–H and O–H groups in total. The number of para-hydroxylation sites is 1. The number of ether oxygens (including phenoxy) is 1. The van der Waals surface area contributed by atoms with Gasteiger partial charge in [-0.15, -0.1) is 10.1 Å². The van der Waals surface area contributed by atoms with Crippen LogP contribution in [0.15, 0.2) is 48.5 Å². The van der Waals surface area contributed by atoms with Crippen LogP contribution in [0.2, 0.25) is 0 Å². The Bertz CT molecular complexity index is 635. The van der Waals surface area contributed by atoms with E-state index >= 15 is 0 Å². The Kier molecular flexibility index (Phi) is 5.52. The van der Waals surface area contributed by atoms with Gasteiger partial charge in [-0.3, -0.25) is 14.9 Å². The van der Waals surface area contributed by atoms with Gasteiger partial charge in [0.2, 0.25) is 0 Å². The van der Waals surface area contributed by atoms with Crippen molar-refractivity contribution in [2.45, 2.75) is 0 Å². The summed E-state index contributed by atoms with van der Waals surface area (Å²) in [7, 11) is 0.460. The van der Waals surface area contributed by atoms with Crippen LogP contribution >= 0.6 is 8.15 Å². The largest absolute Gasteiger partial charge is 0.497 e. The van der Waals surface area contributed by atoms with Crippen LogP contribution in [0.25, 0.3) is 0 Å². The maximum atomic E-state index is 10.5. The average Bonchev–Trinajstić information content (AvgIpc) is 2.53. The maximum Gasteiger partial charge on any atom is 0.299 e. The first-order valence-electron chi connectivity index (χ1n) is 6.32. The molecule has 7 nitrogen and oxygen atoms in total. The molecule has 0 spiro atoms. The molecule has 0 fully saturated rings. The summed E-state index contributed by atoms with van der Waals surface area (Å²) in [6.07, 6.45) is 0. The molecule has 0 radical (unpaired) electrons. The van der Waals surface area contributed by atoms with E-state index in [-0.39, 0.29) is 5.75 Å². The number of nitrogens with one attached hydrogen (secondary N) is 1. The van der Waals surface area contributed by atoms with Crippen LogP contribution in [-0.2, 0) is 4.62 Å². The molecule has 1 unspecified atom stereocenters. The van der Waals surface area contributed by atoms with Gasteiger partial charge in [0.05, 0.1) is 20.9 Å². The predicted octanol–water partition coefficient (Wildman–Crippen LogP) is 2.96. The number of nitrogens with zero attached hydrogens (tertiary/aromatic N) is 1. The Balaban J connectivity index is 2.02. The summed E-state index contributed by atoms with van der Waals surface area (Å²) >= 11 is 0. The van der Waals surface area contributed by atoms with E-state index in [1.807, 2.05) is 6.66 Å². The molecule has 2 aromatic carbocycles. The van der Waals surface area contributed by atoms with E-state index in [1.54, 1.807) is 49.6 Å². The lowest BCUT2D eigenvalue weighted by molar-refractivity contribution is -0.710. The molecular formula is C14H15N2O5P. The summed E-state index contributed by atoms with van der Waals surface area (Å²) in [4.78, 5) is 15.1. The Morgan fingerprint density at radius 1 is 1.14 bits per heavy atom. The highest BCUT2D eigenvalue weighted by molar-refractivity contribution is 7.60. The van der Waals surface area contributed by atoms with E-state index in [0.717, 1.165) is 11.4 Å². The second-order valence-electron chi connectivity index (χ2n) is 4.20. The van der Waals surface area contributed by atoms with Crippen molar-refractivity contribution in [2.75, 3.05) is 19.3 Å². The van der Waals surface area contributed by atoms with Crippen LogP contribution in [0, 0.1) is 10.1 Å². The fraction of sp³-hybridized carbons (Fsp3) is 0.143. The fourth-order valence-corrected chi connectivity index (χ4v) is 2.77. The number of methoxy groups -OCH3 is 1. The fourth-order valence-electron chi connectivity index (χ4n) is 1.70. The molecular weight excluding hydrogens is 307 g/mol. The van der Waals surface area contributed by atoms with Crippen LogP contribution < -0.4 is 20.4 Å². The summed E-state index contributed by atoms with van der Waals surface area (Å²) in [5.74, 6) is 0.923. The molecule has 116 valence electrons. The molecule has 2 rings (SSSR count).